The lowest BCUT2D eigenvalue weighted by atomic mass is 9.75. The number of carbonyl (C=O) groups excluding carboxylic acids is 1. The summed E-state index contributed by atoms with van der Waals surface area (Å²) < 4.78 is 0. The van der Waals surface area contributed by atoms with Crippen molar-refractivity contribution in [2.24, 2.45) is 0 Å². The predicted molar refractivity (Wildman–Crippen MR) is 64.2 cm³/mol. The fraction of sp³-hybridized carbons (Fsp3) is 0.385. The SMILES string of the molecule is Cc1ccc2c(c1)[C@](C)(C(=O)O)CC(=O)N2C. The summed E-state index contributed by atoms with van der Waals surface area (Å²) in [5.74, 6) is -1.11. The monoisotopic (exact) mass is 233 g/mol. The highest BCUT2D eigenvalue weighted by molar-refractivity contribution is 6.03. The maximum Gasteiger partial charge on any atom is 0.314 e. The lowest BCUT2D eigenvalue weighted by molar-refractivity contribution is -0.145. The molecule has 0 saturated carbocycles. The molecule has 1 aliphatic rings. The lowest BCUT2D eigenvalue weighted by Crippen LogP contribution is -2.45. The minimum atomic E-state index is -1.12. The molecule has 2 rings (SSSR count). The Morgan fingerprint density at radius 2 is 2.12 bits per heavy atom. The average Bonchev–Trinajstić information content (AvgIpc) is 2.26. The zero-order chi connectivity index (χ0) is 12.8. The highest BCUT2D eigenvalue weighted by Crippen LogP contribution is 2.40. The third-order valence-electron chi connectivity index (χ3n) is 3.46. The number of carboxylic acid groups (broad SMARTS) is 1. The molecule has 1 atom stereocenters. The van der Waals surface area contributed by atoms with Crippen LogP contribution in [-0.4, -0.2) is 24.0 Å². The van der Waals surface area contributed by atoms with E-state index in [9.17, 15) is 14.7 Å². The van der Waals surface area contributed by atoms with E-state index < -0.39 is 11.4 Å². The molecule has 1 heterocycles. The highest BCUT2D eigenvalue weighted by Gasteiger charge is 2.44. The molecule has 0 aliphatic carbocycles. The van der Waals surface area contributed by atoms with Crippen LogP contribution in [0.1, 0.15) is 24.5 Å². The van der Waals surface area contributed by atoms with Crippen LogP contribution in [0.3, 0.4) is 0 Å². The molecule has 1 N–H and O–H groups in total. The van der Waals surface area contributed by atoms with Crippen molar-refractivity contribution >= 4 is 17.6 Å². The Morgan fingerprint density at radius 3 is 2.71 bits per heavy atom. The van der Waals surface area contributed by atoms with Crippen LogP contribution in [-0.2, 0) is 15.0 Å². The van der Waals surface area contributed by atoms with Crippen molar-refractivity contribution in [3.05, 3.63) is 29.3 Å². The first kappa shape index (κ1) is 11.6. The van der Waals surface area contributed by atoms with Crippen LogP contribution in [0.15, 0.2) is 18.2 Å². The number of fused-ring (bicyclic) bond motifs is 1. The van der Waals surface area contributed by atoms with Crippen molar-refractivity contribution < 1.29 is 14.7 Å². The molecule has 0 spiro atoms. The van der Waals surface area contributed by atoms with E-state index >= 15 is 0 Å². The molecule has 4 heteroatoms. The first-order valence-electron chi connectivity index (χ1n) is 5.47. The molecule has 90 valence electrons. The fourth-order valence-electron chi connectivity index (χ4n) is 2.23. The van der Waals surface area contributed by atoms with Gasteiger partial charge in [-0.2, -0.15) is 0 Å². The molecule has 4 nitrogen and oxygen atoms in total. The molecule has 1 aliphatic heterocycles. The number of hydrogen-bond acceptors (Lipinski definition) is 2. The van der Waals surface area contributed by atoms with Crippen LogP contribution in [0.25, 0.3) is 0 Å². The van der Waals surface area contributed by atoms with Gasteiger partial charge in [-0.1, -0.05) is 17.7 Å². The Kier molecular flexibility index (Phi) is 2.45. The Hall–Kier alpha value is -1.84. The number of carboxylic acids is 1. The predicted octanol–water partition coefficient (Wildman–Crippen LogP) is 1.70. The third-order valence-corrected chi connectivity index (χ3v) is 3.46. The Labute approximate surface area is 99.9 Å². The van der Waals surface area contributed by atoms with Gasteiger partial charge in [-0.25, -0.2) is 0 Å². The zero-order valence-electron chi connectivity index (χ0n) is 10.2. The molecular formula is C13H15NO3. The zero-order valence-corrected chi connectivity index (χ0v) is 10.2. The second kappa shape index (κ2) is 3.58. The second-order valence-electron chi connectivity index (χ2n) is 4.79. The second-order valence-corrected chi connectivity index (χ2v) is 4.79. The maximum atomic E-state index is 11.8. The molecule has 1 aromatic rings. The van der Waals surface area contributed by atoms with E-state index in [0.717, 1.165) is 5.56 Å². The number of amides is 1. The average molecular weight is 233 g/mol. The summed E-state index contributed by atoms with van der Waals surface area (Å²) in [5, 5.41) is 9.37. The molecule has 0 radical (unpaired) electrons. The van der Waals surface area contributed by atoms with Gasteiger partial charge in [-0.3, -0.25) is 9.59 Å². The van der Waals surface area contributed by atoms with Gasteiger partial charge in [-0.05, 0) is 25.5 Å². The van der Waals surface area contributed by atoms with Crippen LogP contribution in [0.4, 0.5) is 5.69 Å². The molecule has 0 aromatic heterocycles. The van der Waals surface area contributed by atoms with E-state index in [4.69, 9.17) is 0 Å². The van der Waals surface area contributed by atoms with E-state index in [1.165, 1.54) is 4.90 Å². The van der Waals surface area contributed by atoms with Gasteiger partial charge in [0, 0.05) is 19.2 Å². The number of aryl methyl sites for hydroxylation is 1. The van der Waals surface area contributed by atoms with E-state index in [2.05, 4.69) is 0 Å². The number of rotatable bonds is 1. The minimum absolute atomic E-state index is 0.00921. The topological polar surface area (TPSA) is 57.6 Å². The van der Waals surface area contributed by atoms with Crippen LogP contribution in [0, 0.1) is 6.92 Å². The summed E-state index contributed by atoms with van der Waals surface area (Å²) in [5.41, 5.74) is 1.29. The molecule has 0 bridgehead atoms. The normalized spacial score (nSPS) is 23.5. The summed E-state index contributed by atoms with van der Waals surface area (Å²) in [6.07, 6.45) is 0.00921. The molecule has 0 saturated heterocycles. The van der Waals surface area contributed by atoms with E-state index in [0.29, 0.717) is 11.3 Å². The summed E-state index contributed by atoms with van der Waals surface area (Å²) in [6.45, 7) is 3.53. The minimum Gasteiger partial charge on any atom is -0.481 e. The van der Waals surface area contributed by atoms with Crippen LogP contribution >= 0.6 is 0 Å². The number of nitrogens with zero attached hydrogens (tertiary/aromatic N) is 1. The van der Waals surface area contributed by atoms with Crippen molar-refractivity contribution in [2.45, 2.75) is 25.7 Å². The fourth-order valence-corrected chi connectivity index (χ4v) is 2.23. The van der Waals surface area contributed by atoms with Crippen molar-refractivity contribution in [2.75, 3.05) is 11.9 Å². The van der Waals surface area contributed by atoms with Crippen molar-refractivity contribution in [1.29, 1.82) is 0 Å². The van der Waals surface area contributed by atoms with Gasteiger partial charge in [0.15, 0.2) is 0 Å². The number of aliphatic carboxylic acids is 1. The number of carbonyl (C=O) groups is 2. The molecule has 0 fully saturated rings. The molecule has 17 heavy (non-hydrogen) atoms. The van der Waals surface area contributed by atoms with Crippen LogP contribution in [0.2, 0.25) is 0 Å². The summed E-state index contributed by atoms with van der Waals surface area (Å²) in [4.78, 5) is 24.8. The van der Waals surface area contributed by atoms with Crippen LogP contribution in [0.5, 0.6) is 0 Å². The first-order valence-corrected chi connectivity index (χ1v) is 5.47. The van der Waals surface area contributed by atoms with Crippen molar-refractivity contribution in [1.82, 2.24) is 0 Å². The number of hydrogen-bond donors (Lipinski definition) is 1. The summed E-state index contributed by atoms with van der Waals surface area (Å²) in [6, 6.07) is 5.55. The van der Waals surface area contributed by atoms with Gasteiger partial charge in [0.05, 0.1) is 0 Å². The Bertz CT molecular complexity index is 509. The van der Waals surface area contributed by atoms with Gasteiger partial charge >= 0.3 is 5.97 Å². The van der Waals surface area contributed by atoms with Gasteiger partial charge in [0.1, 0.15) is 5.41 Å². The quantitative estimate of drug-likeness (QED) is 0.803. The number of anilines is 1. The summed E-state index contributed by atoms with van der Waals surface area (Å²) in [7, 11) is 1.68. The summed E-state index contributed by atoms with van der Waals surface area (Å²) >= 11 is 0. The van der Waals surface area contributed by atoms with Crippen molar-refractivity contribution in [3.63, 3.8) is 0 Å². The van der Waals surface area contributed by atoms with E-state index in [-0.39, 0.29) is 12.3 Å². The third kappa shape index (κ3) is 1.60. The van der Waals surface area contributed by atoms with Gasteiger partial charge < -0.3 is 10.0 Å². The van der Waals surface area contributed by atoms with E-state index in [1.807, 2.05) is 25.1 Å². The first-order chi connectivity index (χ1) is 7.86. The van der Waals surface area contributed by atoms with Crippen molar-refractivity contribution in [3.8, 4) is 0 Å². The van der Waals surface area contributed by atoms with E-state index in [1.54, 1.807) is 14.0 Å². The molecule has 1 amide bonds. The highest BCUT2D eigenvalue weighted by atomic mass is 16.4. The lowest BCUT2D eigenvalue weighted by Gasteiger charge is -2.36. The molecule has 1 aromatic carbocycles. The standard InChI is InChI=1S/C13H15NO3/c1-8-4-5-10-9(6-8)13(2,12(16)17)7-11(15)14(10)3/h4-6H,7H2,1-3H3,(H,16,17)/t13-/m1/s1. The van der Waals surface area contributed by atoms with Gasteiger partial charge in [-0.15, -0.1) is 0 Å². The van der Waals surface area contributed by atoms with Gasteiger partial charge in [0.25, 0.3) is 0 Å². The number of benzene rings is 1. The smallest absolute Gasteiger partial charge is 0.314 e. The Morgan fingerprint density at radius 1 is 1.47 bits per heavy atom. The largest absolute Gasteiger partial charge is 0.481 e. The maximum absolute atomic E-state index is 11.8. The molecule has 0 unspecified atom stereocenters. The Balaban J connectivity index is 2.70. The van der Waals surface area contributed by atoms with Crippen LogP contribution < -0.4 is 4.90 Å². The molecular weight excluding hydrogens is 218 g/mol. The van der Waals surface area contributed by atoms with Gasteiger partial charge in [0.2, 0.25) is 5.91 Å².